The molecule has 0 amide bonds. The van der Waals surface area contributed by atoms with E-state index in [1.165, 1.54) is 11.9 Å². The van der Waals surface area contributed by atoms with Crippen molar-refractivity contribution in [1.29, 1.82) is 0 Å². The summed E-state index contributed by atoms with van der Waals surface area (Å²) in [5, 5.41) is 0. The van der Waals surface area contributed by atoms with Gasteiger partial charge in [0.15, 0.2) is 7.28 Å². The summed E-state index contributed by atoms with van der Waals surface area (Å²) >= 11 is 0. The van der Waals surface area contributed by atoms with Crippen molar-refractivity contribution in [1.82, 2.24) is 0 Å². The Morgan fingerprint density at radius 2 is 1.91 bits per heavy atom. The van der Waals surface area contributed by atoms with E-state index in [1.807, 2.05) is 6.07 Å². The fourth-order valence-electron chi connectivity index (χ4n) is 1.01. The molecule has 0 bridgehead atoms. The van der Waals surface area contributed by atoms with Gasteiger partial charge in [0.05, 0.1) is 0 Å². The highest BCUT2D eigenvalue weighted by Crippen LogP contribution is 2.04. The molecular formula is C10H14B. The van der Waals surface area contributed by atoms with Gasteiger partial charge >= 0.3 is 0 Å². The van der Waals surface area contributed by atoms with Gasteiger partial charge in [-0.2, -0.15) is 0 Å². The van der Waals surface area contributed by atoms with Crippen LogP contribution in [-0.2, 0) is 0 Å². The average molecular weight is 145 g/mol. The van der Waals surface area contributed by atoms with E-state index in [0.29, 0.717) is 5.82 Å². The van der Waals surface area contributed by atoms with Crippen LogP contribution in [0.4, 0.5) is 0 Å². The first-order valence-electron chi connectivity index (χ1n) is 4.23. The Morgan fingerprint density at radius 1 is 1.27 bits per heavy atom. The molecule has 0 heterocycles. The van der Waals surface area contributed by atoms with Crippen molar-refractivity contribution in [3.05, 3.63) is 30.3 Å². The lowest BCUT2D eigenvalue weighted by atomic mass is 9.59. The third-order valence-electron chi connectivity index (χ3n) is 1.92. The van der Waals surface area contributed by atoms with Gasteiger partial charge in [-0.15, -0.1) is 0 Å². The third kappa shape index (κ3) is 2.79. The van der Waals surface area contributed by atoms with Crippen molar-refractivity contribution < 1.29 is 0 Å². The highest BCUT2D eigenvalue weighted by Gasteiger charge is 2.01. The first-order chi connectivity index (χ1) is 5.33. The Hall–Kier alpha value is -0.715. The van der Waals surface area contributed by atoms with E-state index in [4.69, 9.17) is 0 Å². The zero-order chi connectivity index (χ0) is 8.10. The molecule has 0 N–H and O–H groups in total. The van der Waals surface area contributed by atoms with Crippen molar-refractivity contribution in [3.63, 3.8) is 0 Å². The maximum Gasteiger partial charge on any atom is 0.154 e. The lowest BCUT2D eigenvalue weighted by molar-refractivity contribution is 0.874. The van der Waals surface area contributed by atoms with Crippen LogP contribution in [0.5, 0.6) is 0 Å². The van der Waals surface area contributed by atoms with E-state index in [1.54, 1.807) is 0 Å². The summed E-state index contributed by atoms with van der Waals surface area (Å²) in [4.78, 5) is 0. The zero-order valence-electron chi connectivity index (χ0n) is 7.25. The van der Waals surface area contributed by atoms with E-state index >= 15 is 0 Å². The highest BCUT2D eigenvalue weighted by atomic mass is 13.9. The second-order valence-electron chi connectivity index (χ2n) is 2.96. The van der Waals surface area contributed by atoms with Crippen LogP contribution < -0.4 is 5.46 Å². The topological polar surface area (TPSA) is 0 Å². The van der Waals surface area contributed by atoms with Gasteiger partial charge in [-0.1, -0.05) is 61.9 Å². The van der Waals surface area contributed by atoms with Crippen molar-refractivity contribution in [3.8, 4) is 0 Å². The molecule has 1 radical (unpaired) electrons. The second-order valence-corrected chi connectivity index (χ2v) is 2.96. The number of hydrogen-bond acceptors (Lipinski definition) is 0. The molecule has 11 heavy (non-hydrogen) atoms. The minimum atomic E-state index is 0.692. The van der Waals surface area contributed by atoms with Gasteiger partial charge in [0.2, 0.25) is 0 Å². The van der Waals surface area contributed by atoms with Crippen molar-refractivity contribution in [2.24, 2.45) is 0 Å². The summed E-state index contributed by atoms with van der Waals surface area (Å²) in [6, 6.07) is 10.5. The molecule has 0 aromatic heterocycles. The van der Waals surface area contributed by atoms with E-state index in [2.05, 4.69) is 45.4 Å². The predicted molar refractivity (Wildman–Crippen MR) is 51.5 cm³/mol. The molecule has 1 rings (SSSR count). The molecule has 0 aliphatic heterocycles. The van der Waals surface area contributed by atoms with Gasteiger partial charge in [0.1, 0.15) is 0 Å². The van der Waals surface area contributed by atoms with Gasteiger partial charge in [0.25, 0.3) is 0 Å². The molecule has 0 aliphatic carbocycles. The lowest BCUT2D eigenvalue weighted by Crippen LogP contribution is -2.16. The van der Waals surface area contributed by atoms with Crippen molar-refractivity contribution in [2.75, 3.05) is 0 Å². The molecule has 1 aromatic rings. The second kappa shape index (κ2) is 4.22. The van der Waals surface area contributed by atoms with Crippen LogP contribution in [0.3, 0.4) is 0 Å². The van der Waals surface area contributed by atoms with Crippen LogP contribution >= 0.6 is 0 Å². The van der Waals surface area contributed by atoms with E-state index in [0.717, 1.165) is 0 Å². The summed E-state index contributed by atoms with van der Waals surface area (Å²) in [6.07, 6.45) is 1.22. The molecular weight excluding hydrogens is 131 g/mol. The normalized spacial score (nSPS) is 12.5. The Kier molecular flexibility index (Phi) is 3.22. The van der Waals surface area contributed by atoms with Crippen LogP contribution in [0.2, 0.25) is 5.82 Å². The summed E-state index contributed by atoms with van der Waals surface area (Å²) in [6.45, 7) is 4.46. The van der Waals surface area contributed by atoms with E-state index < -0.39 is 0 Å². The van der Waals surface area contributed by atoms with Crippen LogP contribution in [0.1, 0.15) is 20.3 Å². The quantitative estimate of drug-likeness (QED) is 0.572. The standard InChI is InChI=1S/C10H14B/c1-3-9(2)11-10-7-5-4-6-8-10/h4-9H,3H2,1-2H3. The number of rotatable bonds is 3. The summed E-state index contributed by atoms with van der Waals surface area (Å²) in [5.74, 6) is 0.692. The minimum Gasteiger partial charge on any atom is -0.0875 e. The first-order valence-corrected chi connectivity index (χ1v) is 4.23. The average Bonchev–Trinajstić information content (AvgIpc) is 2.06. The van der Waals surface area contributed by atoms with Crippen LogP contribution in [0.15, 0.2) is 30.3 Å². The first kappa shape index (κ1) is 8.38. The maximum atomic E-state index is 2.31. The summed E-state index contributed by atoms with van der Waals surface area (Å²) < 4.78 is 0. The molecule has 1 aromatic carbocycles. The SMILES string of the molecule is CCC(C)[B]c1ccccc1. The number of benzene rings is 1. The molecule has 0 saturated carbocycles. The summed E-state index contributed by atoms with van der Waals surface area (Å²) in [5.41, 5.74) is 1.34. The largest absolute Gasteiger partial charge is 0.154 e. The zero-order valence-corrected chi connectivity index (χ0v) is 7.25. The van der Waals surface area contributed by atoms with Crippen molar-refractivity contribution >= 4 is 12.7 Å². The molecule has 0 fully saturated rings. The molecule has 57 valence electrons. The highest BCUT2D eigenvalue weighted by molar-refractivity contribution is 6.54. The Bertz CT molecular complexity index is 193. The van der Waals surface area contributed by atoms with Gasteiger partial charge in [-0.05, 0) is 0 Å². The Balaban J connectivity index is 2.51. The predicted octanol–water partition coefficient (Wildman–Crippen LogP) is 2.23. The van der Waals surface area contributed by atoms with Gasteiger partial charge in [-0.25, -0.2) is 0 Å². The minimum absolute atomic E-state index is 0.692. The molecule has 0 nitrogen and oxygen atoms in total. The van der Waals surface area contributed by atoms with Gasteiger partial charge in [-0.3, -0.25) is 0 Å². The number of hydrogen-bond donors (Lipinski definition) is 0. The molecule has 1 unspecified atom stereocenters. The maximum absolute atomic E-state index is 2.31. The molecule has 1 atom stereocenters. The monoisotopic (exact) mass is 145 g/mol. The smallest absolute Gasteiger partial charge is 0.0875 e. The van der Waals surface area contributed by atoms with Crippen molar-refractivity contribution in [2.45, 2.75) is 26.1 Å². The molecule has 1 heteroatoms. The molecule has 0 spiro atoms. The van der Waals surface area contributed by atoms with E-state index in [9.17, 15) is 0 Å². The summed E-state index contributed by atoms with van der Waals surface area (Å²) in [7, 11) is 2.31. The molecule has 0 aliphatic rings. The third-order valence-corrected chi connectivity index (χ3v) is 1.92. The van der Waals surface area contributed by atoms with E-state index in [-0.39, 0.29) is 0 Å². The fourth-order valence-corrected chi connectivity index (χ4v) is 1.01. The van der Waals surface area contributed by atoms with Crippen LogP contribution in [-0.4, -0.2) is 7.28 Å². The lowest BCUT2D eigenvalue weighted by Gasteiger charge is -2.05. The van der Waals surface area contributed by atoms with Gasteiger partial charge in [0, 0.05) is 0 Å². The Labute approximate surface area is 69.9 Å². The van der Waals surface area contributed by atoms with Crippen LogP contribution in [0.25, 0.3) is 0 Å². The van der Waals surface area contributed by atoms with Gasteiger partial charge < -0.3 is 0 Å². The Morgan fingerprint density at radius 3 is 2.45 bits per heavy atom. The van der Waals surface area contributed by atoms with Crippen LogP contribution in [0, 0.1) is 0 Å². The fraction of sp³-hybridized carbons (Fsp3) is 0.400. The molecule has 0 saturated heterocycles.